The summed E-state index contributed by atoms with van der Waals surface area (Å²) >= 11 is 6.22. The second-order valence-electron chi connectivity index (χ2n) is 5.28. The molecule has 0 aliphatic carbocycles. The fourth-order valence-corrected chi connectivity index (χ4v) is 2.51. The second kappa shape index (κ2) is 6.58. The first-order chi connectivity index (χ1) is 9.95. The molecule has 21 heavy (non-hydrogen) atoms. The third-order valence-corrected chi connectivity index (χ3v) is 4.13. The molecule has 2 rings (SSSR count). The van der Waals surface area contributed by atoms with Crippen molar-refractivity contribution < 1.29 is 4.39 Å². The summed E-state index contributed by atoms with van der Waals surface area (Å²) in [5.41, 5.74) is 3.38. The first-order valence-electron chi connectivity index (χ1n) is 7.20. The number of benzene rings is 1. The standard InChI is InChI=1S/C16H21ClFN3/c1-5-8-19-10(2)14-9-13(18)6-7-15(14)21-12(4)16(17)11(3)20-21/h6-7,9-10,19H,5,8H2,1-4H3. The molecule has 0 spiro atoms. The van der Waals surface area contributed by atoms with Crippen molar-refractivity contribution in [1.82, 2.24) is 15.1 Å². The first-order valence-corrected chi connectivity index (χ1v) is 7.58. The van der Waals surface area contributed by atoms with Crippen molar-refractivity contribution in [2.24, 2.45) is 0 Å². The Morgan fingerprint density at radius 2 is 2.10 bits per heavy atom. The monoisotopic (exact) mass is 309 g/mol. The van der Waals surface area contributed by atoms with Crippen LogP contribution >= 0.6 is 11.6 Å². The van der Waals surface area contributed by atoms with Gasteiger partial charge in [0.2, 0.25) is 0 Å². The van der Waals surface area contributed by atoms with Crippen molar-refractivity contribution in [3.63, 3.8) is 0 Å². The van der Waals surface area contributed by atoms with Crippen LogP contribution in [0.25, 0.3) is 5.69 Å². The quantitative estimate of drug-likeness (QED) is 0.890. The molecule has 1 unspecified atom stereocenters. The molecule has 1 aromatic carbocycles. The molecule has 0 fully saturated rings. The van der Waals surface area contributed by atoms with Crippen LogP contribution in [0.4, 0.5) is 4.39 Å². The molecule has 5 heteroatoms. The lowest BCUT2D eigenvalue weighted by Crippen LogP contribution is -2.21. The summed E-state index contributed by atoms with van der Waals surface area (Å²) in [5.74, 6) is -0.244. The normalized spacial score (nSPS) is 12.7. The Bertz CT molecular complexity index is 637. The lowest BCUT2D eigenvalue weighted by molar-refractivity contribution is 0.557. The average molecular weight is 310 g/mol. The van der Waals surface area contributed by atoms with Gasteiger partial charge in [0.25, 0.3) is 0 Å². The Kier molecular flexibility index (Phi) is 5.01. The highest BCUT2D eigenvalue weighted by Gasteiger charge is 2.17. The van der Waals surface area contributed by atoms with Gasteiger partial charge < -0.3 is 5.32 Å². The molecular weight excluding hydrogens is 289 g/mol. The molecule has 1 heterocycles. The number of aryl methyl sites for hydroxylation is 1. The Morgan fingerprint density at radius 3 is 2.67 bits per heavy atom. The largest absolute Gasteiger partial charge is 0.310 e. The van der Waals surface area contributed by atoms with Crippen LogP contribution in [0.5, 0.6) is 0 Å². The van der Waals surface area contributed by atoms with E-state index < -0.39 is 0 Å². The minimum Gasteiger partial charge on any atom is -0.310 e. The number of nitrogens with one attached hydrogen (secondary N) is 1. The maximum atomic E-state index is 13.6. The molecule has 0 aliphatic rings. The van der Waals surface area contributed by atoms with Gasteiger partial charge in [-0.1, -0.05) is 18.5 Å². The summed E-state index contributed by atoms with van der Waals surface area (Å²) in [4.78, 5) is 0. The molecule has 1 N–H and O–H groups in total. The number of aromatic nitrogens is 2. The van der Waals surface area contributed by atoms with Crippen molar-refractivity contribution in [3.8, 4) is 5.69 Å². The van der Waals surface area contributed by atoms with Crippen molar-refractivity contribution in [2.75, 3.05) is 6.54 Å². The van der Waals surface area contributed by atoms with Crippen LogP contribution in [0, 0.1) is 19.7 Å². The van der Waals surface area contributed by atoms with Gasteiger partial charge in [0.05, 0.1) is 22.1 Å². The average Bonchev–Trinajstić information content (AvgIpc) is 2.72. The highest BCUT2D eigenvalue weighted by atomic mass is 35.5. The van der Waals surface area contributed by atoms with E-state index in [0.29, 0.717) is 5.02 Å². The van der Waals surface area contributed by atoms with Gasteiger partial charge in [0, 0.05) is 6.04 Å². The summed E-state index contributed by atoms with van der Waals surface area (Å²) in [6.45, 7) is 8.80. The predicted octanol–water partition coefficient (Wildman–Crippen LogP) is 4.34. The predicted molar refractivity (Wildman–Crippen MR) is 84.7 cm³/mol. The Morgan fingerprint density at radius 1 is 1.38 bits per heavy atom. The van der Waals surface area contributed by atoms with Crippen LogP contribution in [0.15, 0.2) is 18.2 Å². The van der Waals surface area contributed by atoms with E-state index in [0.717, 1.165) is 35.6 Å². The van der Waals surface area contributed by atoms with E-state index >= 15 is 0 Å². The molecule has 0 saturated heterocycles. The molecule has 0 amide bonds. The van der Waals surface area contributed by atoms with Crippen molar-refractivity contribution in [2.45, 2.75) is 40.2 Å². The first kappa shape index (κ1) is 16.0. The van der Waals surface area contributed by atoms with E-state index in [1.54, 1.807) is 16.8 Å². The molecule has 114 valence electrons. The summed E-state index contributed by atoms with van der Waals surface area (Å²) in [6, 6.07) is 4.81. The lowest BCUT2D eigenvalue weighted by atomic mass is 10.1. The maximum absolute atomic E-state index is 13.6. The molecular formula is C16H21ClFN3. The Balaban J connectivity index is 2.50. The van der Waals surface area contributed by atoms with Gasteiger partial charge in [-0.15, -0.1) is 0 Å². The maximum Gasteiger partial charge on any atom is 0.123 e. The zero-order valence-corrected chi connectivity index (χ0v) is 13.6. The van der Waals surface area contributed by atoms with Crippen LogP contribution in [0.3, 0.4) is 0 Å². The molecule has 1 atom stereocenters. The van der Waals surface area contributed by atoms with E-state index in [2.05, 4.69) is 17.3 Å². The third-order valence-electron chi connectivity index (χ3n) is 3.59. The van der Waals surface area contributed by atoms with E-state index in [1.807, 2.05) is 20.8 Å². The topological polar surface area (TPSA) is 29.9 Å². The fraction of sp³-hybridized carbons (Fsp3) is 0.438. The summed E-state index contributed by atoms with van der Waals surface area (Å²) in [7, 11) is 0. The molecule has 3 nitrogen and oxygen atoms in total. The second-order valence-corrected chi connectivity index (χ2v) is 5.65. The van der Waals surface area contributed by atoms with Crippen LogP contribution in [-0.2, 0) is 0 Å². The van der Waals surface area contributed by atoms with Crippen LogP contribution in [0.1, 0.15) is 43.3 Å². The van der Waals surface area contributed by atoms with Gasteiger partial charge in [-0.05, 0) is 57.5 Å². The number of hydrogen-bond acceptors (Lipinski definition) is 2. The van der Waals surface area contributed by atoms with E-state index in [9.17, 15) is 4.39 Å². The van der Waals surface area contributed by atoms with Crippen molar-refractivity contribution in [3.05, 3.63) is 46.0 Å². The minimum atomic E-state index is -0.244. The number of hydrogen-bond donors (Lipinski definition) is 1. The van der Waals surface area contributed by atoms with Crippen molar-refractivity contribution in [1.29, 1.82) is 0 Å². The summed E-state index contributed by atoms with van der Waals surface area (Å²) in [5, 5.41) is 8.51. The van der Waals surface area contributed by atoms with Crippen LogP contribution in [-0.4, -0.2) is 16.3 Å². The Labute approximate surface area is 130 Å². The zero-order valence-electron chi connectivity index (χ0n) is 12.9. The summed E-state index contributed by atoms with van der Waals surface area (Å²) in [6.07, 6.45) is 1.03. The van der Waals surface area contributed by atoms with Crippen LogP contribution < -0.4 is 5.32 Å². The van der Waals surface area contributed by atoms with Crippen LogP contribution in [0.2, 0.25) is 5.02 Å². The van der Waals surface area contributed by atoms with Gasteiger partial charge >= 0.3 is 0 Å². The zero-order chi connectivity index (χ0) is 15.6. The summed E-state index contributed by atoms with van der Waals surface area (Å²) < 4.78 is 15.4. The highest BCUT2D eigenvalue weighted by molar-refractivity contribution is 6.31. The smallest absolute Gasteiger partial charge is 0.123 e. The number of rotatable bonds is 5. The number of nitrogens with zero attached hydrogens (tertiary/aromatic N) is 2. The van der Waals surface area contributed by atoms with E-state index in [4.69, 9.17) is 11.6 Å². The van der Waals surface area contributed by atoms with Crippen molar-refractivity contribution >= 4 is 11.6 Å². The molecule has 1 aromatic heterocycles. The fourth-order valence-electron chi connectivity index (χ4n) is 2.39. The molecule has 0 radical (unpaired) electrons. The van der Waals surface area contributed by atoms with Gasteiger partial charge in [-0.25, -0.2) is 9.07 Å². The van der Waals surface area contributed by atoms with E-state index in [-0.39, 0.29) is 11.9 Å². The Hall–Kier alpha value is -1.39. The highest BCUT2D eigenvalue weighted by Crippen LogP contribution is 2.27. The minimum absolute atomic E-state index is 0.0401. The van der Waals surface area contributed by atoms with Gasteiger partial charge in [0.1, 0.15) is 5.82 Å². The molecule has 2 aromatic rings. The molecule has 0 bridgehead atoms. The lowest BCUT2D eigenvalue weighted by Gasteiger charge is -2.18. The SMILES string of the molecule is CCCNC(C)c1cc(F)ccc1-n1nc(C)c(Cl)c1C. The van der Waals surface area contributed by atoms with Gasteiger partial charge in [-0.2, -0.15) is 5.10 Å². The molecule has 0 saturated carbocycles. The van der Waals surface area contributed by atoms with Gasteiger partial charge in [0.15, 0.2) is 0 Å². The van der Waals surface area contributed by atoms with Gasteiger partial charge in [-0.3, -0.25) is 0 Å². The van der Waals surface area contributed by atoms with E-state index in [1.165, 1.54) is 6.07 Å². The molecule has 0 aliphatic heterocycles. The number of halogens is 2. The third kappa shape index (κ3) is 3.27.